The fourth-order valence-corrected chi connectivity index (χ4v) is 3.28. The van der Waals surface area contributed by atoms with E-state index in [0.29, 0.717) is 30.3 Å². The third-order valence-electron chi connectivity index (χ3n) is 4.44. The van der Waals surface area contributed by atoms with Gasteiger partial charge in [0.05, 0.1) is 46.9 Å². The fourth-order valence-electron chi connectivity index (χ4n) is 2.76. The monoisotopic (exact) mass is 536 g/mol. The Hall–Kier alpha value is -3.83. The first kappa shape index (κ1) is 28.4. The van der Waals surface area contributed by atoms with Gasteiger partial charge in [0.1, 0.15) is 0 Å². The maximum atomic E-state index is 11.2. The third kappa shape index (κ3) is 8.14. The van der Waals surface area contributed by atoms with E-state index in [2.05, 4.69) is 30.1 Å². The Morgan fingerprint density at radius 3 is 1.72 bits per heavy atom. The zero-order valence-electron chi connectivity index (χ0n) is 19.6. The molecule has 36 heavy (non-hydrogen) atoms. The Bertz CT molecular complexity index is 1250. The number of benzene rings is 2. The van der Waals surface area contributed by atoms with Gasteiger partial charge < -0.3 is 9.47 Å². The first-order valence-corrected chi connectivity index (χ1v) is 11.0. The van der Waals surface area contributed by atoms with Crippen LogP contribution in [-0.2, 0) is 22.6 Å². The van der Waals surface area contributed by atoms with E-state index >= 15 is 0 Å². The molecule has 13 heteroatoms. The SMILES string of the molecule is CF.COC(=O)c1cn(Cc2c(Cl)cccc2Cl)nn1.COC(=O)c1cn(Cc2ccccc2)nn1. The van der Waals surface area contributed by atoms with Crippen molar-refractivity contribution in [2.45, 2.75) is 13.1 Å². The van der Waals surface area contributed by atoms with E-state index < -0.39 is 11.9 Å². The topological polar surface area (TPSA) is 114 Å². The van der Waals surface area contributed by atoms with Gasteiger partial charge in [-0.05, 0) is 17.7 Å². The number of hydrogen-bond donors (Lipinski definition) is 0. The summed E-state index contributed by atoms with van der Waals surface area (Å²) < 4.78 is 21.7. The molecule has 0 aliphatic heterocycles. The zero-order chi connectivity index (χ0) is 26.5. The minimum Gasteiger partial charge on any atom is -0.464 e. The van der Waals surface area contributed by atoms with Gasteiger partial charge in [-0.15, -0.1) is 10.2 Å². The van der Waals surface area contributed by atoms with Crippen molar-refractivity contribution in [3.8, 4) is 0 Å². The maximum absolute atomic E-state index is 11.2. The smallest absolute Gasteiger partial charge is 0.360 e. The summed E-state index contributed by atoms with van der Waals surface area (Å²) in [6, 6.07) is 15.1. The molecule has 2 aromatic heterocycles. The molecular formula is C23H23Cl2FN6O4. The lowest BCUT2D eigenvalue weighted by molar-refractivity contribution is 0.0585. The zero-order valence-corrected chi connectivity index (χ0v) is 21.1. The summed E-state index contributed by atoms with van der Waals surface area (Å²) in [6.07, 6.45) is 3.05. The van der Waals surface area contributed by atoms with E-state index in [1.54, 1.807) is 29.1 Å². The van der Waals surface area contributed by atoms with Crippen molar-refractivity contribution in [1.82, 2.24) is 30.0 Å². The van der Waals surface area contributed by atoms with Crippen LogP contribution in [0.15, 0.2) is 60.9 Å². The molecule has 0 N–H and O–H groups in total. The Balaban J connectivity index is 0.000000239. The molecule has 0 atom stereocenters. The summed E-state index contributed by atoms with van der Waals surface area (Å²) in [5.41, 5.74) is 2.19. The molecule has 4 rings (SSSR count). The number of aromatic nitrogens is 6. The molecule has 4 aromatic rings. The van der Waals surface area contributed by atoms with Gasteiger partial charge in [-0.25, -0.2) is 19.0 Å². The lowest BCUT2D eigenvalue weighted by Crippen LogP contribution is -2.02. The van der Waals surface area contributed by atoms with E-state index in [4.69, 9.17) is 23.2 Å². The standard InChI is InChI=1S/C11H9Cl2N3O2.C11H11N3O2.CH3F/c1-18-11(17)10-6-16(15-14-10)5-7-8(12)3-2-4-9(7)13;1-16-11(15)10-8-14(13-12-10)7-9-5-3-2-4-6-9;1-2/h2-4,6H,5H2,1H3;2-6,8H,7H2,1H3;1H3. The molecular weight excluding hydrogens is 514 g/mol. The van der Waals surface area contributed by atoms with Gasteiger partial charge >= 0.3 is 11.9 Å². The molecule has 0 saturated carbocycles. The van der Waals surface area contributed by atoms with Crippen LogP contribution in [0.1, 0.15) is 32.1 Å². The molecule has 10 nitrogen and oxygen atoms in total. The second kappa shape index (κ2) is 14.5. The first-order valence-electron chi connectivity index (χ1n) is 10.2. The molecule has 0 spiro atoms. The van der Waals surface area contributed by atoms with Crippen molar-refractivity contribution in [2.24, 2.45) is 0 Å². The second-order valence-corrected chi connectivity index (χ2v) is 7.59. The Labute approximate surface area is 216 Å². The average Bonchev–Trinajstić information content (AvgIpc) is 3.58. The number of rotatable bonds is 6. The molecule has 190 valence electrons. The first-order chi connectivity index (χ1) is 17.4. The summed E-state index contributed by atoms with van der Waals surface area (Å²) in [5, 5.41) is 16.2. The van der Waals surface area contributed by atoms with E-state index in [-0.39, 0.29) is 11.4 Å². The Morgan fingerprint density at radius 2 is 1.25 bits per heavy atom. The normalized spacial score (nSPS) is 9.83. The number of nitrogens with zero attached hydrogens (tertiary/aromatic N) is 6. The molecule has 0 unspecified atom stereocenters. The van der Waals surface area contributed by atoms with Crippen LogP contribution in [0, 0.1) is 0 Å². The highest BCUT2D eigenvalue weighted by Crippen LogP contribution is 2.24. The number of methoxy groups -OCH3 is 2. The van der Waals surface area contributed by atoms with E-state index in [0.717, 1.165) is 11.1 Å². The number of esters is 2. The van der Waals surface area contributed by atoms with Crippen molar-refractivity contribution in [3.63, 3.8) is 0 Å². The third-order valence-corrected chi connectivity index (χ3v) is 5.14. The van der Waals surface area contributed by atoms with Crippen LogP contribution in [0.3, 0.4) is 0 Å². The van der Waals surface area contributed by atoms with Gasteiger partial charge in [-0.2, -0.15) is 0 Å². The van der Waals surface area contributed by atoms with Gasteiger partial charge in [-0.1, -0.05) is 70.0 Å². The minimum atomic E-state index is -0.536. The predicted molar refractivity (Wildman–Crippen MR) is 131 cm³/mol. The van der Waals surface area contributed by atoms with Crippen LogP contribution >= 0.6 is 23.2 Å². The fraction of sp³-hybridized carbons (Fsp3) is 0.217. The number of carbonyl (C=O) groups excluding carboxylic acids is 2. The van der Waals surface area contributed by atoms with Crippen LogP contribution in [0.4, 0.5) is 4.39 Å². The van der Waals surface area contributed by atoms with Gasteiger partial charge in [-0.3, -0.25) is 4.39 Å². The van der Waals surface area contributed by atoms with Crippen molar-refractivity contribution >= 4 is 35.1 Å². The Morgan fingerprint density at radius 1 is 0.778 bits per heavy atom. The average molecular weight is 537 g/mol. The van der Waals surface area contributed by atoms with E-state index in [1.165, 1.54) is 25.1 Å². The molecule has 0 aliphatic carbocycles. The van der Waals surface area contributed by atoms with Crippen molar-refractivity contribution in [2.75, 3.05) is 21.4 Å². The van der Waals surface area contributed by atoms with Crippen LogP contribution in [0.2, 0.25) is 10.0 Å². The highest BCUT2D eigenvalue weighted by Gasteiger charge is 2.13. The lowest BCUT2D eigenvalue weighted by atomic mass is 10.2. The molecule has 0 saturated heterocycles. The summed E-state index contributed by atoms with van der Waals surface area (Å²) >= 11 is 12.1. The van der Waals surface area contributed by atoms with Crippen LogP contribution in [0.25, 0.3) is 0 Å². The number of carbonyl (C=O) groups is 2. The molecule has 2 heterocycles. The van der Waals surface area contributed by atoms with Crippen molar-refractivity contribution in [1.29, 1.82) is 0 Å². The van der Waals surface area contributed by atoms with E-state index in [1.807, 2.05) is 30.3 Å². The van der Waals surface area contributed by atoms with Gasteiger partial charge in [0.25, 0.3) is 0 Å². The predicted octanol–water partition coefficient (Wildman–Crippen LogP) is 4.12. The molecule has 0 radical (unpaired) electrons. The second-order valence-electron chi connectivity index (χ2n) is 6.77. The van der Waals surface area contributed by atoms with Gasteiger partial charge in [0.2, 0.25) is 0 Å². The number of halogens is 3. The molecule has 0 fully saturated rings. The molecule has 0 amide bonds. The maximum Gasteiger partial charge on any atom is 0.360 e. The van der Waals surface area contributed by atoms with Crippen LogP contribution < -0.4 is 0 Å². The minimum absolute atomic E-state index is 0.140. The summed E-state index contributed by atoms with van der Waals surface area (Å²) in [4.78, 5) is 22.4. The van der Waals surface area contributed by atoms with Crippen molar-refractivity contribution in [3.05, 3.63) is 93.5 Å². The lowest BCUT2D eigenvalue weighted by Gasteiger charge is -2.05. The number of ether oxygens (including phenoxy) is 2. The molecule has 0 aliphatic rings. The van der Waals surface area contributed by atoms with Gasteiger partial charge in [0.15, 0.2) is 11.4 Å². The van der Waals surface area contributed by atoms with Gasteiger partial charge in [0, 0.05) is 15.6 Å². The largest absolute Gasteiger partial charge is 0.464 e. The number of hydrogen-bond acceptors (Lipinski definition) is 8. The Kier molecular flexibility index (Phi) is 11.5. The highest BCUT2D eigenvalue weighted by atomic mass is 35.5. The number of alkyl halides is 1. The summed E-state index contributed by atoms with van der Waals surface area (Å²) in [5.74, 6) is -1.01. The summed E-state index contributed by atoms with van der Waals surface area (Å²) in [7, 11) is 3.10. The van der Waals surface area contributed by atoms with Crippen LogP contribution in [0.5, 0.6) is 0 Å². The molecule has 2 aromatic carbocycles. The van der Waals surface area contributed by atoms with Crippen molar-refractivity contribution < 1.29 is 23.5 Å². The summed E-state index contributed by atoms with van der Waals surface area (Å²) in [6.45, 7) is 0.924. The quantitative estimate of drug-likeness (QED) is 0.338. The highest BCUT2D eigenvalue weighted by molar-refractivity contribution is 6.35. The van der Waals surface area contributed by atoms with E-state index in [9.17, 15) is 14.0 Å². The van der Waals surface area contributed by atoms with Crippen LogP contribution in [-0.4, -0.2) is 63.3 Å². The molecule has 0 bridgehead atoms.